The van der Waals surface area contributed by atoms with Crippen molar-refractivity contribution in [2.24, 2.45) is 0 Å². The lowest BCUT2D eigenvalue weighted by molar-refractivity contribution is -0.129. The van der Waals surface area contributed by atoms with Gasteiger partial charge in [0, 0.05) is 36.4 Å². The molecule has 2 heterocycles. The highest BCUT2D eigenvalue weighted by molar-refractivity contribution is 6.31. The Kier molecular flexibility index (Phi) is 5.08. The average Bonchev–Trinajstić information content (AvgIpc) is 2.97. The summed E-state index contributed by atoms with van der Waals surface area (Å²) in [6, 6.07) is 10.9. The summed E-state index contributed by atoms with van der Waals surface area (Å²) in [5.41, 5.74) is 2.43. The van der Waals surface area contributed by atoms with Gasteiger partial charge in [0.25, 0.3) is 0 Å². The summed E-state index contributed by atoms with van der Waals surface area (Å²) in [7, 11) is 0. The average molecular weight is 345 g/mol. The molecule has 0 aliphatic carbocycles. The molecule has 1 amide bonds. The molecule has 0 spiro atoms. The second kappa shape index (κ2) is 7.42. The molecule has 0 aliphatic heterocycles. The molecule has 1 unspecified atom stereocenters. The van der Waals surface area contributed by atoms with Crippen LogP contribution in [0.2, 0.25) is 5.02 Å². The second-order valence-corrected chi connectivity index (χ2v) is 5.84. The molecule has 0 fully saturated rings. The minimum Gasteiger partial charge on any atom is -0.383 e. The molecule has 3 aromatic rings. The van der Waals surface area contributed by atoms with E-state index in [9.17, 15) is 9.90 Å². The van der Waals surface area contributed by atoms with Crippen LogP contribution in [0.25, 0.3) is 11.0 Å². The predicted octanol–water partition coefficient (Wildman–Crippen LogP) is 1.80. The van der Waals surface area contributed by atoms with Crippen molar-refractivity contribution >= 4 is 28.5 Å². The molecule has 124 valence electrons. The number of pyridine rings is 1. The predicted molar refractivity (Wildman–Crippen MR) is 91.7 cm³/mol. The number of hydrogen-bond donors (Lipinski definition) is 2. The van der Waals surface area contributed by atoms with Crippen molar-refractivity contribution in [3.8, 4) is 0 Å². The number of imidazole rings is 1. The van der Waals surface area contributed by atoms with E-state index in [1.807, 2.05) is 16.7 Å². The molecule has 1 atom stereocenters. The van der Waals surface area contributed by atoms with Crippen LogP contribution in [-0.2, 0) is 17.8 Å². The molecule has 24 heavy (non-hydrogen) atoms. The number of benzene rings is 1. The molecule has 2 N–H and O–H groups in total. The Balaban J connectivity index is 1.52. The van der Waals surface area contributed by atoms with Gasteiger partial charge in [0.15, 0.2) is 0 Å². The molecule has 2 aromatic heterocycles. The Labute approximate surface area is 144 Å². The van der Waals surface area contributed by atoms with E-state index in [0.717, 1.165) is 11.0 Å². The van der Waals surface area contributed by atoms with E-state index < -0.39 is 12.0 Å². The quantitative estimate of drug-likeness (QED) is 0.714. The summed E-state index contributed by atoms with van der Waals surface area (Å²) in [4.78, 5) is 20.3. The van der Waals surface area contributed by atoms with Crippen molar-refractivity contribution in [1.82, 2.24) is 19.9 Å². The third-order valence-electron chi connectivity index (χ3n) is 3.67. The molecule has 0 saturated carbocycles. The first-order chi connectivity index (χ1) is 11.6. The normalized spacial score (nSPS) is 12.2. The van der Waals surface area contributed by atoms with Crippen molar-refractivity contribution in [3.63, 3.8) is 0 Å². The van der Waals surface area contributed by atoms with Gasteiger partial charge in [-0.1, -0.05) is 17.7 Å². The van der Waals surface area contributed by atoms with Crippen LogP contribution >= 0.6 is 11.6 Å². The number of fused-ring (bicyclic) bond motifs is 1. The standard InChI is InChI=1S/C17H17ClN4O2/c18-12-4-5-15-14(9-12)21-11-22(15)8-7-20-17(24)16(23)10-13-3-1-2-6-19-13/h1-6,9,11,16,23H,7-8,10H2,(H,20,24). The van der Waals surface area contributed by atoms with Crippen molar-refractivity contribution in [2.75, 3.05) is 6.54 Å². The third-order valence-corrected chi connectivity index (χ3v) is 3.90. The molecule has 7 heteroatoms. The number of rotatable bonds is 6. The molecule has 3 rings (SSSR count). The number of aliphatic hydroxyl groups excluding tert-OH is 1. The zero-order valence-corrected chi connectivity index (χ0v) is 13.6. The fraction of sp³-hybridized carbons (Fsp3) is 0.235. The lowest BCUT2D eigenvalue weighted by Crippen LogP contribution is -2.37. The number of amides is 1. The van der Waals surface area contributed by atoms with Crippen LogP contribution < -0.4 is 5.32 Å². The van der Waals surface area contributed by atoms with Gasteiger partial charge in [-0.3, -0.25) is 9.78 Å². The Morgan fingerprint density at radius 2 is 2.17 bits per heavy atom. The van der Waals surface area contributed by atoms with Crippen molar-refractivity contribution in [2.45, 2.75) is 19.1 Å². The third kappa shape index (κ3) is 3.90. The molecular weight excluding hydrogens is 328 g/mol. The zero-order chi connectivity index (χ0) is 16.9. The molecule has 0 saturated heterocycles. The van der Waals surface area contributed by atoms with E-state index >= 15 is 0 Å². The van der Waals surface area contributed by atoms with Gasteiger partial charge in [-0.2, -0.15) is 0 Å². The van der Waals surface area contributed by atoms with Gasteiger partial charge < -0.3 is 15.0 Å². The summed E-state index contributed by atoms with van der Waals surface area (Å²) in [5, 5.41) is 13.3. The maximum atomic E-state index is 12.0. The number of aromatic nitrogens is 3. The number of aliphatic hydroxyl groups is 1. The first-order valence-electron chi connectivity index (χ1n) is 7.59. The number of hydrogen-bond acceptors (Lipinski definition) is 4. The SMILES string of the molecule is O=C(NCCn1cnc2cc(Cl)ccc21)C(O)Cc1ccccn1. The fourth-order valence-electron chi connectivity index (χ4n) is 2.44. The van der Waals surface area contributed by atoms with Crippen LogP contribution in [0.15, 0.2) is 48.9 Å². The Bertz CT molecular complexity index is 835. The maximum absolute atomic E-state index is 12.0. The van der Waals surface area contributed by atoms with Gasteiger partial charge in [0.2, 0.25) is 5.91 Å². The molecule has 0 bridgehead atoms. The van der Waals surface area contributed by atoms with E-state index in [-0.39, 0.29) is 6.42 Å². The second-order valence-electron chi connectivity index (χ2n) is 5.40. The summed E-state index contributed by atoms with van der Waals surface area (Å²) in [6.07, 6.45) is 2.42. The van der Waals surface area contributed by atoms with Crippen molar-refractivity contribution in [3.05, 3.63) is 59.6 Å². The Hall–Kier alpha value is -2.44. The smallest absolute Gasteiger partial charge is 0.249 e. The first kappa shape index (κ1) is 16.4. The Morgan fingerprint density at radius 1 is 1.29 bits per heavy atom. The van der Waals surface area contributed by atoms with Crippen LogP contribution in [0.1, 0.15) is 5.69 Å². The highest BCUT2D eigenvalue weighted by Gasteiger charge is 2.15. The van der Waals surface area contributed by atoms with Gasteiger partial charge in [0.1, 0.15) is 6.10 Å². The maximum Gasteiger partial charge on any atom is 0.249 e. The van der Waals surface area contributed by atoms with Crippen LogP contribution in [0.4, 0.5) is 0 Å². The van der Waals surface area contributed by atoms with E-state index in [0.29, 0.717) is 23.8 Å². The molecule has 0 aliphatic rings. The lowest BCUT2D eigenvalue weighted by atomic mass is 10.1. The molecule has 6 nitrogen and oxygen atoms in total. The number of nitrogens with one attached hydrogen (secondary N) is 1. The van der Waals surface area contributed by atoms with Gasteiger partial charge >= 0.3 is 0 Å². The molecule has 1 aromatic carbocycles. The molecular formula is C17H17ClN4O2. The van der Waals surface area contributed by atoms with Crippen LogP contribution in [0.5, 0.6) is 0 Å². The van der Waals surface area contributed by atoms with Gasteiger partial charge in [-0.05, 0) is 30.3 Å². The van der Waals surface area contributed by atoms with Gasteiger partial charge in [-0.15, -0.1) is 0 Å². The van der Waals surface area contributed by atoms with Crippen LogP contribution in [0, 0.1) is 0 Å². The number of nitrogens with zero attached hydrogens (tertiary/aromatic N) is 3. The van der Waals surface area contributed by atoms with Gasteiger partial charge in [-0.25, -0.2) is 4.98 Å². The number of carbonyl (C=O) groups excluding carboxylic acids is 1. The fourth-order valence-corrected chi connectivity index (χ4v) is 2.61. The summed E-state index contributed by atoms with van der Waals surface area (Å²) >= 11 is 5.94. The number of carbonyl (C=O) groups is 1. The summed E-state index contributed by atoms with van der Waals surface area (Å²) in [6.45, 7) is 0.951. The zero-order valence-electron chi connectivity index (χ0n) is 12.9. The minimum absolute atomic E-state index is 0.194. The topological polar surface area (TPSA) is 80.0 Å². The van der Waals surface area contributed by atoms with E-state index in [4.69, 9.17) is 11.6 Å². The molecule has 0 radical (unpaired) electrons. The monoisotopic (exact) mass is 344 g/mol. The van der Waals surface area contributed by atoms with E-state index in [1.165, 1.54) is 0 Å². The van der Waals surface area contributed by atoms with E-state index in [2.05, 4.69) is 15.3 Å². The summed E-state index contributed by atoms with van der Waals surface area (Å²) in [5.74, 6) is -0.409. The van der Waals surface area contributed by atoms with Crippen LogP contribution in [0.3, 0.4) is 0 Å². The number of halogens is 1. The Morgan fingerprint density at radius 3 is 2.96 bits per heavy atom. The highest BCUT2D eigenvalue weighted by atomic mass is 35.5. The lowest BCUT2D eigenvalue weighted by Gasteiger charge is -2.11. The first-order valence-corrected chi connectivity index (χ1v) is 7.97. The summed E-state index contributed by atoms with van der Waals surface area (Å²) < 4.78 is 1.93. The van der Waals surface area contributed by atoms with Crippen molar-refractivity contribution in [1.29, 1.82) is 0 Å². The van der Waals surface area contributed by atoms with Crippen LogP contribution in [-0.4, -0.2) is 38.2 Å². The van der Waals surface area contributed by atoms with Crippen molar-refractivity contribution < 1.29 is 9.90 Å². The minimum atomic E-state index is -1.11. The van der Waals surface area contributed by atoms with Gasteiger partial charge in [0.05, 0.1) is 17.4 Å². The largest absolute Gasteiger partial charge is 0.383 e. The van der Waals surface area contributed by atoms with E-state index in [1.54, 1.807) is 36.8 Å². The highest BCUT2D eigenvalue weighted by Crippen LogP contribution is 2.17.